The monoisotopic (exact) mass is 290 g/mol. The lowest BCUT2D eigenvalue weighted by Crippen LogP contribution is -2.43. The van der Waals surface area contributed by atoms with Gasteiger partial charge in [0.15, 0.2) is 0 Å². The van der Waals surface area contributed by atoms with E-state index in [2.05, 4.69) is 16.3 Å². The summed E-state index contributed by atoms with van der Waals surface area (Å²) in [5.74, 6) is 1.85. The number of benzene rings is 1. The SMILES string of the molecule is COc1ccc(CN2CCC3(CCC(=O)N3)C2)c(OC)c1. The second-order valence-corrected chi connectivity index (χ2v) is 5.97. The summed E-state index contributed by atoms with van der Waals surface area (Å²) >= 11 is 0. The zero-order valence-electron chi connectivity index (χ0n) is 12.6. The van der Waals surface area contributed by atoms with Gasteiger partial charge in [0.1, 0.15) is 11.5 Å². The van der Waals surface area contributed by atoms with E-state index < -0.39 is 0 Å². The third-order valence-electron chi connectivity index (χ3n) is 4.56. The molecule has 2 aliphatic rings. The summed E-state index contributed by atoms with van der Waals surface area (Å²) in [6.07, 6.45) is 2.67. The smallest absolute Gasteiger partial charge is 0.220 e. The van der Waals surface area contributed by atoms with Gasteiger partial charge in [0.25, 0.3) is 0 Å². The van der Waals surface area contributed by atoms with E-state index in [1.807, 2.05) is 12.1 Å². The molecule has 2 aliphatic heterocycles. The van der Waals surface area contributed by atoms with E-state index in [4.69, 9.17) is 9.47 Å². The number of nitrogens with one attached hydrogen (secondary N) is 1. The van der Waals surface area contributed by atoms with Crippen molar-refractivity contribution in [2.24, 2.45) is 0 Å². The first-order valence-corrected chi connectivity index (χ1v) is 7.38. The summed E-state index contributed by atoms with van der Waals surface area (Å²) in [5.41, 5.74) is 1.16. The van der Waals surface area contributed by atoms with Crippen molar-refractivity contribution in [3.8, 4) is 11.5 Å². The van der Waals surface area contributed by atoms with E-state index >= 15 is 0 Å². The van der Waals surface area contributed by atoms with Crippen LogP contribution in [-0.2, 0) is 11.3 Å². The van der Waals surface area contributed by atoms with E-state index in [1.165, 1.54) is 0 Å². The molecule has 5 heteroatoms. The third kappa shape index (κ3) is 2.83. The standard InChI is InChI=1S/C16H22N2O3/c1-20-13-4-3-12(14(9-13)21-2)10-18-8-7-16(11-18)6-5-15(19)17-16/h3-4,9H,5-8,10-11H2,1-2H3,(H,17,19). The van der Waals surface area contributed by atoms with E-state index in [0.717, 1.165) is 49.5 Å². The second kappa shape index (κ2) is 5.56. The minimum Gasteiger partial charge on any atom is -0.497 e. The predicted octanol–water partition coefficient (Wildman–Crippen LogP) is 1.56. The maximum atomic E-state index is 11.5. The van der Waals surface area contributed by atoms with E-state index in [0.29, 0.717) is 6.42 Å². The van der Waals surface area contributed by atoms with Crippen LogP contribution in [0.15, 0.2) is 18.2 Å². The first-order chi connectivity index (χ1) is 10.1. The van der Waals surface area contributed by atoms with E-state index in [9.17, 15) is 4.79 Å². The third-order valence-corrected chi connectivity index (χ3v) is 4.56. The molecule has 1 N–H and O–H groups in total. The number of ether oxygens (including phenoxy) is 2. The molecule has 1 aromatic carbocycles. The molecule has 1 spiro atoms. The van der Waals surface area contributed by atoms with Gasteiger partial charge in [-0.3, -0.25) is 9.69 Å². The minimum atomic E-state index is 0.0107. The number of nitrogens with zero attached hydrogens (tertiary/aromatic N) is 1. The number of hydrogen-bond donors (Lipinski definition) is 1. The van der Waals surface area contributed by atoms with E-state index in [1.54, 1.807) is 14.2 Å². The van der Waals surface area contributed by atoms with Crippen LogP contribution in [0.1, 0.15) is 24.8 Å². The molecule has 3 rings (SSSR count). The van der Waals surface area contributed by atoms with Crippen LogP contribution in [0.25, 0.3) is 0 Å². The number of carbonyl (C=O) groups is 1. The summed E-state index contributed by atoms with van der Waals surface area (Å²) in [6.45, 7) is 2.77. The second-order valence-electron chi connectivity index (χ2n) is 5.97. The molecule has 1 atom stereocenters. The summed E-state index contributed by atoms with van der Waals surface area (Å²) in [6, 6.07) is 5.93. The quantitative estimate of drug-likeness (QED) is 0.914. The number of likely N-dealkylation sites (tertiary alicyclic amines) is 1. The van der Waals surface area contributed by atoms with Crippen LogP contribution >= 0.6 is 0 Å². The molecule has 0 aromatic heterocycles. The first-order valence-electron chi connectivity index (χ1n) is 7.38. The largest absolute Gasteiger partial charge is 0.497 e. The maximum Gasteiger partial charge on any atom is 0.220 e. The topological polar surface area (TPSA) is 50.8 Å². The Hall–Kier alpha value is -1.75. The molecule has 0 aliphatic carbocycles. The van der Waals surface area contributed by atoms with Gasteiger partial charge in [-0.25, -0.2) is 0 Å². The molecule has 1 unspecified atom stereocenters. The lowest BCUT2D eigenvalue weighted by molar-refractivity contribution is -0.119. The molecule has 0 radical (unpaired) electrons. The molecule has 114 valence electrons. The Morgan fingerprint density at radius 3 is 2.81 bits per heavy atom. The van der Waals surface area contributed by atoms with Crippen molar-refractivity contribution >= 4 is 5.91 Å². The lowest BCUT2D eigenvalue weighted by atomic mass is 9.97. The van der Waals surface area contributed by atoms with Gasteiger partial charge < -0.3 is 14.8 Å². The van der Waals surface area contributed by atoms with Crippen molar-refractivity contribution in [2.45, 2.75) is 31.3 Å². The highest BCUT2D eigenvalue weighted by atomic mass is 16.5. The highest BCUT2D eigenvalue weighted by Crippen LogP contribution is 2.33. The Bertz CT molecular complexity index is 546. The van der Waals surface area contributed by atoms with Crippen LogP contribution in [0.2, 0.25) is 0 Å². The molecule has 21 heavy (non-hydrogen) atoms. The van der Waals surface area contributed by atoms with Crippen molar-refractivity contribution in [1.82, 2.24) is 10.2 Å². The lowest BCUT2D eigenvalue weighted by Gasteiger charge is -2.24. The van der Waals surface area contributed by atoms with Crippen molar-refractivity contribution in [2.75, 3.05) is 27.3 Å². The molecule has 2 heterocycles. The first kappa shape index (κ1) is 14.2. The van der Waals surface area contributed by atoms with Gasteiger partial charge in [-0.15, -0.1) is 0 Å². The Morgan fingerprint density at radius 2 is 2.14 bits per heavy atom. The molecular weight excluding hydrogens is 268 g/mol. The average molecular weight is 290 g/mol. The Kier molecular flexibility index (Phi) is 3.76. The number of methoxy groups -OCH3 is 2. The Labute approximate surface area is 125 Å². The van der Waals surface area contributed by atoms with Gasteiger partial charge >= 0.3 is 0 Å². The predicted molar refractivity (Wildman–Crippen MR) is 79.5 cm³/mol. The molecule has 2 fully saturated rings. The fraction of sp³-hybridized carbons (Fsp3) is 0.562. The average Bonchev–Trinajstić information content (AvgIpc) is 3.06. The fourth-order valence-corrected chi connectivity index (χ4v) is 3.40. The van der Waals surface area contributed by atoms with Gasteiger partial charge in [0, 0.05) is 37.7 Å². The number of amides is 1. The van der Waals surface area contributed by atoms with Crippen LogP contribution in [0.4, 0.5) is 0 Å². The molecule has 0 bridgehead atoms. The fourth-order valence-electron chi connectivity index (χ4n) is 3.40. The van der Waals surface area contributed by atoms with Crippen LogP contribution in [-0.4, -0.2) is 43.7 Å². The molecule has 0 saturated carbocycles. The molecule has 1 amide bonds. The van der Waals surface area contributed by atoms with Gasteiger partial charge in [0.05, 0.1) is 19.8 Å². The van der Waals surface area contributed by atoms with Gasteiger partial charge in [-0.2, -0.15) is 0 Å². The zero-order chi connectivity index (χ0) is 14.9. The number of carbonyl (C=O) groups excluding carboxylic acids is 1. The van der Waals surface area contributed by atoms with E-state index in [-0.39, 0.29) is 11.4 Å². The summed E-state index contributed by atoms with van der Waals surface area (Å²) in [5, 5.41) is 3.16. The molecule has 1 aromatic rings. The van der Waals surface area contributed by atoms with Gasteiger partial charge in [0.2, 0.25) is 5.91 Å². The summed E-state index contributed by atoms with van der Waals surface area (Å²) in [7, 11) is 3.34. The molecular formula is C16H22N2O3. The van der Waals surface area contributed by atoms with Crippen molar-refractivity contribution in [3.63, 3.8) is 0 Å². The molecule has 2 saturated heterocycles. The summed E-state index contributed by atoms with van der Waals surface area (Å²) in [4.78, 5) is 13.9. The van der Waals surface area contributed by atoms with Crippen molar-refractivity contribution < 1.29 is 14.3 Å². The van der Waals surface area contributed by atoms with Crippen LogP contribution in [0, 0.1) is 0 Å². The van der Waals surface area contributed by atoms with Crippen LogP contribution in [0.5, 0.6) is 11.5 Å². The highest BCUT2D eigenvalue weighted by molar-refractivity contribution is 5.79. The number of hydrogen-bond acceptors (Lipinski definition) is 4. The number of rotatable bonds is 4. The highest BCUT2D eigenvalue weighted by Gasteiger charge is 2.43. The minimum absolute atomic E-state index is 0.0107. The summed E-state index contributed by atoms with van der Waals surface area (Å²) < 4.78 is 10.7. The normalized spacial score (nSPS) is 25.3. The Balaban J connectivity index is 1.69. The van der Waals surface area contributed by atoms with Crippen molar-refractivity contribution in [3.05, 3.63) is 23.8 Å². The van der Waals surface area contributed by atoms with Crippen LogP contribution in [0.3, 0.4) is 0 Å². The molecule has 5 nitrogen and oxygen atoms in total. The van der Waals surface area contributed by atoms with Gasteiger partial charge in [-0.05, 0) is 18.9 Å². The maximum absolute atomic E-state index is 11.5. The van der Waals surface area contributed by atoms with Gasteiger partial charge in [-0.1, -0.05) is 6.07 Å². The zero-order valence-corrected chi connectivity index (χ0v) is 12.6. The van der Waals surface area contributed by atoms with Crippen molar-refractivity contribution in [1.29, 1.82) is 0 Å². The van der Waals surface area contributed by atoms with Crippen LogP contribution < -0.4 is 14.8 Å². The Morgan fingerprint density at radius 1 is 1.29 bits per heavy atom.